The number of benzene rings is 1. The number of Topliss-reactive ketones (excluding diaryl/α,β-unsaturated/α-hetero) is 1. The number of ether oxygens (including phenoxy) is 1. The van der Waals surface area contributed by atoms with Gasteiger partial charge in [0.15, 0.2) is 5.78 Å². The van der Waals surface area contributed by atoms with Gasteiger partial charge in [-0.05, 0) is 28.1 Å². The summed E-state index contributed by atoms with van der Waals surface area (Å²) < 4.78 is 7.08. The molecule has 0 saturated heterocycles. The van der Waals surface area contributed by atoms with Crippen LogP contribution in [-0.2, 0) is 0 Å². The highest BCUT2D eigenvalue weighted by molar-refractivity contribution is 9.11. The van der Waals surface area contributed by atoms with Crippen LogP contribution < -0.4 is 4.74 Å². The van der Waals surface area contributed by atoms with Crippen molar-refractivity contribution >= 4 is 37.6 Å². The van der Waals surface area contributed by atoms with E-state index in [4.69, 9.17) is 4.74 Å². The third-order valence-corrected chi connectivity index (χ3v) is 2.97. The van der Waals surface area contributed by atoms with Crippen LogP contribution in [0.2, 0.25) is 0 Å². The maximum Gasteiger partial charge on any atom is 0.171 e. The Kier molecular flexibility index (Phi) is 2.43. The third-order valence-electron chi connectivity index (χ3n) is 1.88. The highest BCUT2D eigenvalue weighted by atomic mass is 79.9. The molecule has 0 spiro atoms. The second-order valence-electron chi connectivity index (χ2n) is 2.78. The van der Waals surface area contributed by atoms with Crippen LogP contribution in [0.1, 0.15) is 16.8 Å². The van der Waals surface area contributed by atoms with Crippen LogP contribution in [0.4, 0.5) is 0 Å². The number of carbonyl (C=O) groups excluding carboxylic acids is 1. The van der Waals surface area contributed by atoms with Crippen LogP contribution in [0.3, 0.4) is 0 Å². The summed E-state index contributed by atoms with van der Waals surface area (Å²) in [5.41, 5.74) is 0.662. The van der Waals surface area contributed by atoms with Crippen LogP contribution in [0.15, 0.2) is 21.1 Å². The molecule has 13 heavy (non-hydrogen) atoms. The number of hydrogen-bond donors (Lipinski definition) is 0. The van der Waals surface area contributed by atoms with E-state index < -0.39 is 0 Å². The molecule has 2 nitrogen and oxygen atoms in total. The van der Waals surface area contributed by atoms with Crippen molar-refractivity contribution in [2.45, 2.75) is 6.42 Å². The number of hydrogen-bond acceptors (Lipinski definition) is 2. The van der Waals surface area contributed by atoms with Gasteiger partial charge in [-0.1, -0.05) is 15.9 Å². The van der Waals surface area contributed by atoms with E-state index in [1.165, 1.54) is 0 Å². The molecule has 0 unspecified atom stereocenters. The monoisotopic (exact) mass is 304 g/mol. The molecule has 1 aliphatic heterocycles. The maximum atomic E-state index is 11.5. The Morgan fingerprint density at radius 1 is 1.31 bits per heavy atom. The van der Waals surface area contributed by atoms with Gasteiger partial charge in [0.25, 0.3) is 0 Å². The summed E-state index contributed by atoms with van der Waals surface area (Å²) in [5.74, 6) is 0.804. The Morgan fingerprint density at radius 3 is 2.85 bits per heavy atom. The van der Waals surface area contributed by atoms with Crippen molar-refractivity contribution in [2.24, 2.45) is 0 Å². The van der Waals surface area contributed by atoms with Crippen molar-refractivity contribution in [3.63, 3.8) is 0 Å². The molecule has 0 atom stereocenters. The van der Waals surface area contributed by atoms with Crippen molar-refractivity contribution in [2.75, 3.05) is 6.61 Å². The van der Waals surface area contributed by atoms with Crippen molar-refractivity contribution in [3.05, 3.63) is 26.6 Å². The lowest BCUT2D eigenvalue weighted by Crippen LogP contribution is -2.15. The number of ketones is 1. The van der Waals surface area contributed by atoms with Crippen LogP contribution in [0, 0.1) is 0 Å². The summed E-state index contributed by atoms with van der Waals surface area (Å²) in [5, 5.41) is 0. The number of rotatable bonds is 0. The Labute approximate surface area is 92.5 Å². The van der Waals surface area contributed by atoms with Crippen molar-refractivity contribution in [3.8, 4) is 5.75 Å². The first-order chi connectivity index (χ1) is 6.18. The molecule has 0 radical (unpaired) electrons. The fourth-order valence-corrected chi connectivity index (χ4v) is 2.72. The van der Waals surface area contributed by atoms with Crippen LogP contribution >= 0.6 is 31.9 Å². The predicted octanol–water partition coefficient (Wildman–Crippen LogP) is 3.18. The molecule has 0 fully saturated rings. The molecule has 4 heteroatoms. The number of fused-ring (bicyclic) bond motifs is 1. The molecule has 1 aromatic rings. The van der Waals surface area contributed by atoms with Gasteiger partial charge in [-0.2, -0.15) is 0 Å². The van der Waals surface area contributed by atoms with E-state index in [9.17, 15) is 4.79 Å². The minimum atomic E-state index is 0.139. The lowest BCUT2D eigenvalue weighted by atomic mass is 10.1. The second-order valence-corrected chi connectivity index (χ2v) is 4.55. The van der Waals surface area contributed by atoms with Gasteiger partial charge in [-0.3, -0.25) is 4.79 Å². The molecule has 1 aromatic carbocycles. The maximum absolute atomic E-state index is 11.5. The molecule has 1 aliphatic rings. The van der Waals surface area contributed by atoms with Crippen LogP contribution in [0.25, 0.3) is 0 Å². The molecule has 0 N–H and O–H groups in total. The van der Waals surface area contributed by atoms with Crippen molar-refractivity contribution < 1.29 is 9.53 Å². The lowest BCUT2D eigenvalue weighted by molar-refractivity contribution is 0.0932. The minimum absolute atomic E-state index is 0.139. The Morgan fingerprint density at radius 2 is 2.08 bits per heavy atom. The highest BCUT2D eigenvalue weighted by Gasteiger charge is 2.21. The van der Waals surface area contributed by atoms with Gasteiger partial charge in [-0.15, -0.1) is 0 Å². The van der Waals surface area contributed by atoms with Gasteiger partial charge in [-0.25, -0.2) is 0 Å². The van der Waals surface area contributed by atoms with E-state index in [0.29, 0.717) is 24.3 Å². The molecule has 0 aromatic heterocycles. The first-order valence-corrected chi connectivity index (χ1v) is 5.42. The SMILES string of the molecule is O=C1CCOc2cc(Br)cc(Br)c21. The summed E-state index contributed by atoms with van der Waals surface area (Å²) in [7, 11) is 0. The Hall–Kier alpha value is -0.350. The zero-order valence-corrected chi connectivity index (χ0v) is 9.81. The zero-order valence-electron chi connectivity index (χ0n) is 6.64. The molecular formula is C9H6Br2O2. The highest BCUT2D eigenvalue weighted by Crippen LogP contribution is 2.34. The molecule has 68 valence electrons. The molecule has 2 rings (SSSR count). The van der Waals surface area contributed by atoms with Gasteiger partial charge in [0.1, 0.15) is 5.75 Å². The molecular weight excluding hydrogens is 300 g/mol. The second kappa shape index (κ2) is 3.42. The molecule has 1 heterocycles. The van der Waals surface area contributed by atoms with Gasteiger partial charge in [0.2, 0.25) is 0 Å². The standard InChI is InChI=1S/C9H6Br2O2/c10-5-3-6(11)9-7(12)1-2-13-8(9)4-5/h3-4H,1-2H2. The lowest BCUT2D eigenvalue weighted by Gasteiger charge is -2.17. The largest absolute Gasteiger partial charge is 0.492 e. The van der Waals surface area contributed by atoms with Crippen LogP contribution in [0.5, 0.6) is 5.75 Å². The van der Waals surface area contributed by atoms with Crippen LogP contribution in [-0.4, -0.2) is 12.4 Å². The fraction of sp³-hybridized carbons (Fsp3) is 0.222. The Balaban J connectivity index is 2.63. The third kappa shape index (κ3) is 1.65. The quantitative estimate of drug-likeness (QED) is 0.736. The summed E-state index contributed by atoms with van der Waals surface area (Å²) in [6, 6.07) is 3.67. The van der Waals surface area contributed by atoms with Crippen molar-refractivity contribution in [1.29, 1.82) is 0 Å². The zero-order chi connectivity index (χ0) is 9.42. The first-order valence-electron chi connectivity index (χ1n) is 3.83. The summed E-state index contributed by atoms with van der Waals surface area (Å²) in [6.07, 6.45) is 0.466. The minimum Gasteiger partial charge on any atom is -0.492 e. The van der Waals surface area contributed by atoms with E-state index >= 15 is 0 Å². The summed E-state index contributed by atoms with van der Waals surface area (Å²) >= 11 is 6.68. The van der Waals surface area contributed by atoms with Crippen molar-refractivity contribution in [1.82, 2.24) is 0 Å². The predicted molar refractivity (Wildman–Crippen MR) is 56.3 cm³/mol. The average molecular weight is 306 g/mol. The van der Waals surface area contributed by atoms with Gasteiger partial charge in [0.05, 0.1) is 12.2 Å². The van der Waals surface area contributed by atoms with Gasteiger partial charge < -0.3 is 4.74 Å². The van der Waals surface area contributed by atoms with Gasteiger partial charge >= 0.3 is 0 Å². The first kappa shape index (κ1) is 9.21. The smallest absolute Gasteiger partial charge is 0.171 e. The Bertz CT molecular complexity index is 374. The van der Waals surface area contributed by atoms with E-state index in [1.807, 2.05) is 12.1 Å². The number of carbonyl (C=O) groups is 1. The summed E-state index contributed by atoms with van der Waals surface area (Å²) in [4.78, 5) is 11.5. The van der Waals surface area contributed by atoms with E-state index in [0.717, 1.165) is 8.95 Å². The van der Waals surface area contributed by atoms with Gasteiger partial charge in [0, 0.05) is 15.4 Å². The van der Waals surface area contributed by atoms with E-state index in [-0.39, 0.29) is 5.78 Å². The molecule has 0 aliphatic carbocycles. The number of halogens is 2. The molecule has 0 amide bonds. The molecule has 0 bridgehead atoms. The molecule has 0 saturated carbocycles. The van der Waals surface area contributed by atoms with E-state index in [1.54, 1.807) is 0 Å². The topological polar surface area (TPSA) is 26.3 Å². The average Bonchev–Trinajstić information content (AvgIpc) is 2.02. The normalized spacial score (nSPS) is 15.1. The summed E-state index contributed by atoms with van der Waals surface area (Å²) in [6.45, 7) is 0.481. The fourth-order valence-electron chi connectivity index (χ4n) is 1.31. The van der Waals surface area contributed by atoms with E-state index in [2.05, 4.69) is 31.9 Å².